The highest BCUT2D eigenvalue weighted by atomic mass is 16.5. The molecule has 1 aliphatic heterocycles. The van der Waals surface area contributed by atoms with Crippen molar-refractivity contribution in [3.63, 3.8) is 0 Å². The van der Waals surface area contributed by atoms with Gasteiger partial charge >= 0.3 is 0 Å². The van der Waals surface area contributed by atoms with Crippen molar-refractivity contribution in [1.82, 2.24) is 9.80 Å². The summed E-state index contributed by atoms with van der Waals surface area (Å²) in [7, 11) is 0. The summed E-state index contributed by atoms with van der Waals surface area (Å²) in [5.74, 6) is 0.157. The fourth-order valence-electron chi connectivity index (χ4n) is 3.09. The maximum atomic E-state index is 12.8. The normalized spacial score (nSPS) is 15.6. The molecule has 1 aliphatic rings. The molecule has 1 fully saturated rings. The molecule has 1 saturated heterocycles. The number of aliphatic hydroxyl groups excluding tert-OH is 1. The quantitative estimate of drug-likeness (QED) is 0.864. The zero-order valence-corrected chi connectivity index (χ0v) is 15.0. The highest BCUT2D eigenvalue weighted by Crippen LogP contribution is 2.24. The van der Waals surface area contributed by atoms with E-state index in [1.807, 2.05) is 26.0 Å². The number of hydrogen-bond donors (Lipinski definition) is 1. The number of furan rings is 1. The van der Waals surface area contributed by atoms with Crippen LogP contribution < -0.4 is 0 Å². The van der Waals surface area contributed by atoms with Crippen LogP contribution in [0.3, 0.4) is 0 Å². The first kappa shape index (κ1) is 17.9. The first-order chi connectivity index (χ1) is 12.1. The number of morpholine rings is 1. The molecule has 0 radical (unpaired) electrons. The van der Waals surface area contributed by atoms with Gasteiger partial charge in [0.1, 0.15) is 5.58 Å². The van der Waals surface area contributed by atoms with Crippen molar-refractivity contribution in [2.75, 3.05) is 52.5 Å². The molecule has 0 bridgehead atoms. The van der Waals surface area contributed by atoms with Gasteiger partial charge in [0.2, 0.25) is 0 Å². The number of carbonyl (C=O) groups is 1. The number of hydrogen-bond acceptors (Lipinski definition) is 5. The van der Waals surface area contributed by atoms with Crippen LogP contribution in [0.1, 0.15) is 21.7 Å². The Morgan fingerprint density at radius 1 is 1.16 bits per heavy atom. The van der Waals surface area contributed by atoms with Gasteiger partial charge in [-0.15, -0.1) is 0 Å². The molecule has 1 aromatic carbocycles. The molecule has 0 spiro atoms. The van der Waals surface area contributed by atoms with E-state index in [9.17, 15) is 9.90 Å². The van der Waals surface area contributed by atoms with Gasteiger partial charge in [-0.2, -0.15) is 0 Å². The maximum absolute atomic E-state index is 12.8. The van der Waals surface area contributed by atoms with Gasteiger partial charge in [0, 0.05) is 38.1 Å². The largest absolute Gasteiger partial charge is 0.451 e. The van der Waals surface area contributed by atoms with E-state index in [4.69, 9.17) is 9.15 Å². The smallest absolute Gasteiger partial charge is 0.289 e. The summed E-state index contributed by atoms with van der Waals surface area (Å²) in [4.78, 5) is 16.8. The minimum absolute atomic E-state index is 0.0622. The summed E-state index contributed by atoms with van der Waals surface area (Å²) in [6.45, 7) is 8.87. The molecular weight excluding hydrogens is 320 g/mol. The van der Waals surface area contributed by atoms with Gasteiger partial charge in [0.05, 0.1) is 19.8 Å². The molecule has 2 aromatic rings. The van der Waals surface area contributed by atoms with Gasteiger partial charge < -0.3 is 19.2 Å². The van der Waals surface area contributed by atoms with E-state index < -0.39 is 0 Å². The summed E-state index contributed by atoms with van der Waals surface area (Å²) < 4.78 is 11.1. The molecule has 6 heteroatoms. The number of aliphatic hydroxyl groups is 1. The molecule has 1 aromatic heterocycles. The summed E-state index contributed by atoms with van der Waals surface area (Å²) >= 11 is 0. The first-order valence-corrected chi connectivity index (χ1v) is 8.79. The Balaban J connectivity index is 1.72. The van der Waals surface area contributed by atoms with E-state index in [2.05, 4.69) is 4.90 Å². The van der Waals surface area contributed by atoms with Crippen molar-refractivity contribution in [3.8, 4) is 0 Å². The third kappa shape index (κ3) is 4.21. The number of benzene rings is 1. The average Bonchev–Trinajstić information content (AvgIpc) is 3.02. The Bertz CT molecular complexity index is 695. The van der Waals surface area contributed by atoms with E-state index in [1.54, 1.807) is 11.0 Å². The van der Waals surface area contributed by atoms with E-state index in [0.29, 0.717) is 18.8 Å². The standard InChI is InChI=1S/C19H26N2O4/c1-14-11-16-13-18(25-17(16)12-15(14)2)19(23)21(5-8-22)4-3-20-6-9-24-10-7-20/h11-13,22H,3-10H2,1-2H3. The molecule has 136 valence electrons. The van der Waals surface area contributed by atoms with E-state index >= 15 is 0 Å². The molecule has 6 nitrogen and oxygen atoms in total. The van der Waals surface area contributed by atoms with Gasteiger partial charge in [-0.25, -0.2) is 0 Å². The lowest BCUT2D eigenvalue weighted by Crippen LogP contribution is -2.43. The van der Waals surface area contributed by atoms with Crippen LogP contribution >= 0.6 is 0 Å². The second kappa shape index (κ2) is 7.99. The van der Waals surface area contributed by atoms with Gasteiger partial charge in [-0.1, -0.05) is 0 Å². The second-order valence-electron chi connectivity index (χ2n) is 6.55. The SMILES string of the molecule is Cc1cc2cc(C(=O)N(CCO)CCN3CCOCC3)oc2cc1C. The van der Waals surface area contributed by atoms with Crippen LogP contribution in [0, 0.1) is 13.8 Å². The summed E-state index contributed by atoms with van der Waals surface area (Å²) in [5.41, 5.74) is 3.04. The van der Waals surface area contributed by atoms with Gasteiger partial charge in [0.25, 0.3) is 5.91 Å². The molecule has 0 saturated carbocycles. The number of fused-ring (bicyclic) bond motifs is 1. The first-order valence-electron chi connectivity index (χ1n) is 8.79. The number of amides is 1. The number of nitrogens with zero attached hydrogens (tertiary/aromatic N) is 2. The Morgan fingerprint density at radius 3 is 2.60 bits per heavy atom. The molecule has 0 unspecified atom stereocenters. The van der Waals surface area contributed by atoms with Crippen LogP contribution in [-0.4, -0.2) is 73.4 Å². The zero-order valence-electron chi connectivity index (χ0n) is 15.0. The Labute approximate surface area is 148 Å². The average molecular weight is 346 g/mol. The lowest BCUT2D eigenvalue weighted by Gasteiger charge is -2.29. The van der Waals surface area contributed by atoms with Gasteiger partial charge in [0.15, 0.2) is 5.76 Å². The fraction of sp³-hybridized carbons (Fsp3) is 0.526. The molecule has 2 heterocycles. The number of aryl methyl sites for hydroxylation is 2. The lowest BCUT2D eigenvalue weighted by molar-refractivity contribution is 0.0311. The zero-order chi connectivity index (χ0) is 17.8. The Morgan fingerprint density at radius 2 is 1.88 bits per heavy atom. The summed E-state index contributed by atoms with van der Waals surface area (Å²) in [6.07, 6.45) is 0. The van der Waals surface area contributed by atoms with E-state index in [-0.39, 0.29) is 12.5 Å². The van der Waals surface area contributed by atoms with E-state index in [1.165, 1.54) is 5.56 Å². The predicted octanol–water partition coefficient (Wildman–Crippen LogP) is 1.82. The third-order valence-corrected chi connectivity index (χ3v) is 4.79. The number of rotatable bonds is 6. The molecule has 1 amide bonds. The van der Waals surface area contributed by atoms with Crippen molar-refractivity contribution in [2.45, 2.75) is 13.8 Å². The fourth-order valence-corrected chi connectivity index (χ4v) is 3.09. The van der Waals surface area contributed by atoms with Crippen LogP contribution in [0.15, 0.2) is 22.6 Å². The Hall–Kier alpha value is -1.89. The van der Waals surface area contributed by atoms with Crippen molar-refractivity contribution >= 4 is 16.9 Å². The second-order valence-corrected chi connectivity index (χ2v) is 6.55. The molecule has 0 aliphatic carbocycles. The summed E-state index contributed by atoms with van der Waals surface area (Å²) in [6, 6.07) is 5.80. The van der Waals surface area contributed by atoms with Crippen LogP contribution in [-0.2, 0) is 4.74 Å². The van der Waals surface area contributed by atoms with Crippen LogP contribution in [0.25, 0.3) is 11.0 Å². The highest BCUT2D eigenvalue weighted by Gasteiger charge is 2.21. The minimum atomic E-state index is -0.172. The molecule has 3 rings (SSSR count). The van der Waals surface area contributed by atoms with Crippen LogP contribution in [0.2, 0.25) is 0 Å². The lowest BCUT2D eigenvalue weighted by atomic mass is 10.1. The van der Waals surface area contributed by atoms with Crippen molar-refractivity contribution in [3.05, 3.63) is 35.1 Å². The maximum Gasteiger partial charge on any atom is 0.289 e. The number of ether oxygens (including phenoxy) is 1. The van der Waals surface area contributed by atoms with Gasteiger partial charge in [-0.05, 0) is 43.2 Å². The highest BCUT2D eigenvalue weighted by molar-refractivity contribution is 5.96. The van der Waals surface area contributed by atoms with Crippen molar-refractivity contribution in [1.29, 1.82) is 0 Å². The Kier molecular flexibility index (Phi) is 5.73. The van der Waals surface area contributed by atoms with Crippen LogP contribution in [0.4, 0.5) is 0 Å². The monoisotopic (exact) mass is 346 g/mol. The molecule has 0 atom stereocenters. The van der Waals surface area contributed by atoms with Crippen molar-refractivity contribution < 1.29 is 19.1 Å². The van der Waals surface area contributed by atoms with E-state index in [0.717, 1.165) is 49.4 Å². The third-order valence-electron chi connectivity index (χ3n) is 4.79. The minimum Gasteiger partial charge on any atom is -0.451 e. The number of carbonyl (C=O) groups excluding carboxylic acids is 1. The molecular formula is C19H26N2O4. The van der Waals surface area contributed by atoms with Gasteiger partial charge in [-0.3, -0.25) is 9.69 Å². The topological polar surface area (TPSA) is 66.2 Å². The van der Waals surface area contributed by atoms with Crippen molar-refractivity contribution in [2.24, 2.45) is 0 Å². The predicted molar refractivity (Wildman–Crippen MR) is 95.9 cm³/mol. The van der Waals surface area contributed by atoms with Crippen LogP contribution in [0.5, 0.6) is 0 Å². The summed E-state index contributed by atoms with van der Waals surface area (Å²) in [5, 5.41) is 10.3. The molecule has 1 N–H and O–H groups in total. The molecule has 25 heavy (non-hydrogen) atoms.